The Morgan fingerprint density at radius 1 is 0.912 bits per heavy atom. The minimum absolute atomic E-state index is 0.00827. The molecule has 0 aromatic heterocycles. The Balaban J connectivity index is 1.58. The van der Waals surface area contributed by atoms with E-state index in [0.717, 1.165) is 25.7 Å². The lowest BCUT2D eigenvalue weighted by Crippen LogP contribution is -2.55. The fraction of sp³-hybridized carbons (Fsp3) is 0.964. The van der Waals surface area contributed by atoms with Crippen LogP contribution in [0.2, 0.25) is 0 Å². The number of aliphatic hydroxyl groups is 4. The van der Waals surface area contributed by atoms with Gasteiger partial charge in [-0.1, -0.05) is 41.5 Å². The first-order valence-corrected chi connectivity index (χ1v) is 13.7. The Kier molecular flexibility index (Phi) is 7.23. The van der Waals surface area contributed by atoms with E-state index in [2.05, 4.69) is 34.6 Å². The Hall–Kier alpha value is -0.690. The molecule has 0 spiro atoms. The Labute approximate surface area is 205 Å². The fourth-order valence-electron chi connectivity index (χ4n) is 8.95. The summed E-state index contributed by atoms with van der Waals surface area (Å²) in [4.78, 5) is 13.0. The number of cyclic esters (lactones) is 1. The summed E-state index contributed by atoms with van der Waals surface area (Å²) >= 11 is 0. The maximum atomic E-state index is 13.0. The summed E-state index contributed by atoms with van der Waals surface area (Å²) in [5.41, 5.74) is -0.345. The summed E-state index contributed by atoms with van der Waals surface area (Å²) in [5, 5.41) is 42.9. The number of fused-ring (bicyclic) bond motifs is 5. The van der Waals surface area contributed by atoms with E-state index in [4.69, 9.17) is 4.74 Å². The highest BCUT2D eigenvalue weighted by atomic mass is 16.5. The molecular formula is C28H48O6. The molecule has 0 bridgehead atoms. The molecule has 0 aromatic rings. The van der Waals surface area contributed by atoms with Gasteiger partial charge in [0.25, 0.3) is 0 Å². The van der Waals surface area contributed by atoms with Crippen molar-refractivity contribution in [3.63, 3.8) is 0 Å². The molecule has 0 amide bonds. The number of carbonyl (C=O) groups excluding carboxylic acids is 1. The van der Waals surface area contributed by atoms with Crippen LogP contribution in [0.25, 0.3) is 0 Å². The number of ether oxygens (including phenoxy) is 1. The van der Waals surface area contributed by atoms with Crippen LogP contribution in [0.4, 0.5) is 0 Å². The molecule has 4 fully saturated rings. The third-order valence-corrected chi connectivity index (χ3v) is 11.5. The first kappa shape index (κ1) is 26.4. The molecule has 1 heterocycles. The van der Waals surface area contributed by atoms with Crippen molar-refractivity contribution in [1.29, 1.82) is 0 Å². The summed E-state index contributed by atoms with van der Waals surface area (Å²) in [7, 11) is 0. The van der Waals surface area contributed by atoms with Crippen LogP contribution in [0.1, 0.15) is 80.1 Å². The average Bonchev–Trinajstić information content (AvgIpc) is 3.09. The van der Waals surface area contributed by atoms with Crippen molar-refractivity contribution in [3.8, 4) is 0 Å². The number of aliphatic hydroxyl groups excluding tert-OH is 4. The summed E-state index contributed by atoms with van der Waals surface area (Å²) in [6.45, 7) is 13.2. The largest absolute Gasteiger partial charge is 0.465 e. The van der Waals surface area contributed by atoms with E-state index in [0.29, 0.717) is 30.8 Å². The van der Waals surface area contributed by atoms with Gasteiger partial charge < -0.3 is 25.2 Å². The third kappa shape index (κ3) is 4.05. The molecule has 4 aliphatic rings. The highest BCUT2D eigenvalue weighted by Gasteiger charge is 2.63. The first-order valence-electron chi connectivity index (χ1n) is 13.7. The van der Waals surface area contributed by atoms with Gasteiger partial charge in [0.05, 0.1) is 36.9 Å². The molecule has 9 unspecified atom stereocenters. The Bertz CT molecular complexity index is 755. The van der Waals surface area contributed by atoms with Crippen LogP contribution in [0, 0.1) is 58.2 Å². The second-order valence-corrected chi connectivity index (χ2v) is 13.3. The van der Waals surface area contributed by atoms with Crippen LogP contribution in [-0.4, -0.2) is 57.4 Å². The van der Waals surface area contributed by atoms with Crippen molar-refractivity contribution in [2.45, 2.75) is 104 Å². The molecule has 6 heteroatoms. The topological polar surface area (TPSA) is 107 Å². The number of hydrogen-bond donors (Lipinski definition) is 4. The highest BCUT2D eigenvalue weighted by molar-refractivity contribution is 5.74. The molecule has 1 saturated heterocycles. The smallest absolute Gasteiger partial charge is 0.309 e. The van der Waals surface area contributed by atoms with Crippen molar-refractivity contribution in [3.05, 3.63) is 0 Å². The Morgan fingerprint density at radius 2 is 1.56 bits per heavy atom. The van der Waals surface area contributed by atoms with Crippen LogP contribution in [0.5, 0.6) is 0 Å². The van der Waals surface area contributed by atoms with Crippen LogP contribution >= 0.6 is 0 Å². The number of esters is 1. The number of hydrogen-bond acceptors (Lipinski definition) is 6. The van der Waals surface area contributed by atoms with E-state index in [-0.39, 0.29) is 52.8 Å². The predicted molar refractivity (Wildman–Crippen MR) is 130 cm³/mol. The second kappa shape index (κ2) is 9.32. The van der Waals surface area contributed by atoms with Crippen LogP contribution in [-0.2, 0) is 9.53 Å². The molecule has 34 heavy (non-hydrogen) atoms. The lowest BCUT2D eigenvalue weighted by molar-refractivity contribution is -0.162. The molecule has 4 N–H and O–H groups in total. The normalized spacial score (nSPS) is 48.1. The van der Waals surface area contributed by atoms with Gasteiger partial charge in [0.1, 0.15) is 0 Å². The monoisotopic (exact) mass is 480 g/mol. The molecular weight excluding hydrogens is 432 g/mol. The molecule has 0 aromatic carbocycles. The van der Waals surface area contributed by atoms with E-state index in [1.807, 2.05) is 6.92 Å². The van der Waals surface area contributed by atoms with Crippen LogP contribution in [0.3, 0.4) is 0 Å². The van der Waals surface area contributed by atoms with Gasteiger partial charge in [0.2, 0.25) is 0 Å². The number of carbonyl (C=O) groups is 1. The van der Waals surface area contributed by atoms with Crippen molar-refractivity contribution in [2.75, 3.05) is 6.61 Å². The van der Waals surface area contributed by atoms with Crippen LogP contribution < -0.4 is 0 Å². The highest BCUT2D eigenvalue weighted by Crippen LogP contribution is 2.66. The summed E-state index contributed by atoms with van der Waals surface area (Å²) in [6, 6.07) is 0. The number of rotatable bonds is 5. The first-order chi connectivity index (χ1) is 15.8. The summed E-state index contributed by atoms with van der Waals surface area (Å²) < 4.78 is 5.86. The second-order valence-electron chi connectivity index (χ2n) is 13.3. The van der Waals surface area contributed by atoms with E-state index in [1.54, 1.807) is 0 Å². The third-order valence-electron chi connectivity index (χ3n) is 11.5. The lowest BCUT2D eigenvalue weighted by atomic mass is 9.48. The van der Waals surface area contributed by atoms with Crippen molar-refractivity contribution >= 4 is 5.97 Å². The predicted octanol–water partition coefficient (Wildman–Crippen LogP) is 3.39. The fourth-order valence-corrected chi connectivity index (χ4v) is 8.95. The van der Waals surface area contributed by atoms with Gasteiger partial charge in [0.15, 0.2) is 0 Å². The van der Waals surface area contributed by atoms with Gasteiger partial charge in [-0.2, -0.15) is 0 Å². The molecule has 6 nitrogen and oxygen atoms in total. The molecule has 4 rings (SSSR count). The van der Waals surface area contributed by atoms with E-state index >= 15 is 0 Å². The zero-order chi connectivity index (χ0) is 25.2. The average molecular weight is 481 g/mol. The van der Waals surface area contributed by atoms with Gasteiger partial charge in [-0.05, 0) is 90.8 Å². The molecule has 196 valence electrons. The maximum absolute atomic E-state index is 13.0. The molecule has 3 aliphatic carbocycles. The molecule has 0 radical (unpaired) electrons. The standard InChI is InChI=1S/C28H48O6/c1-14(2)15(3)24(31)25(32)16(4)18-7-8-19-17-13-34-26(33)21-11-22(29)23(30)12-28(21,6)20(17)9-10-27(18,19)5/h14-25,29-32H,7-13H2,1-6H3/t15?,16?,17?,18?,19?,20?,21?,22?,23?,24-,25-,27-,28-/m1/s1. The zero-order valence-electron chi connectivity index (χ0n) is 22.0. The molecule has 3 saturated carbocycles. The molecule has 13 atom stereocenters. The lowest BCUT2D eigenvalue weighted by Gasteiger charge is -2.56. The van der Waals surface area contributed by atoms with Crippen LogP contribution in [0.15, 0.2) is 0 Å². The summed E-state index contributed by atoms with van der Waals surface area (Å²) in [5.74, 6) is 0.948. The van der Waals surface area contributed by atoms with Gasteiger partial charge in [-0.15, -0.1) is 0 Å². The van der Waals surface area contributed by atoms with E-state index in [1.165, 1.54) is 0 Å². The SMILES string of the molecule is CC(C)C(C)[C@@H](O)[C@H](O)C(C)C1CCC2C3COC(=O)C4CC(O)C(O)C[C@]4(C)C3CC[C@@]21C. The van der Waals surface area contributed by atoms with E-state index < -0.39 is 24.4 Å². The summed E-state index contributed by atoms with van der Waals surface area (Å²) in [6.07, 6.45) is 1.61. The zero-order valence-corrected chi connectivity index (χ0v) is 22.0. The van der Waals surface area contributed by atoms with Gasteiger partial charge in [-0.3, -0.25) is 4.79 Å². The van der Waals surface area contributed by atoms with Gasteiger partial charge >= 0.3 is 5.97 Å². The van der Waals surface area contributed by atoms with Crippen molar-refractivity contribution in [1.82, 2.24) is 0 Å². The van der Waals surface area contributed by atoms with Gasteiger partial charge in [0, 0.05) is 0 Å². The Morgan fingerprint density at radius 3 is 2.21 bits per heavy atom. The molecule has 1 aliphatic heterocycles. The van der Waals surface area contributed by atoms with Crippen molar-refractivity contribution in [2.24, 2.45) is 58.2 Å². The quantitative estimate of drug-likeness (QED) is 0.450. The minimum Gasteiger partial charge on any atom is -0.465 e. The van der Waals surface area contributed by atoms with Crippen molar-refractivity contribution < 1.29 is 30.0 Å². The maximum Gasteiger partial charge on any atom is 0.309 e. The van der Waals surface area contributed by atoms with Gasteiger partial charge in [-0.25, -0.2) is 0 Å². The minimum atomic E-state index is -0.867. The van der Waals surface area contributed by atoms with E-state index in [9.17, 15) is 25.2 Å².